The zero-order valence-corrected chi connectivity index (χ0v) is 14.6. The zero-order chi connectivity index (χ0) is 17.7. The Bertz CT molecular complexity index is 783. The normalized spacial score (nSPS) is 12.3. The van der Waals surface area contributed by atoms with Crippen LogP contribution in [0.4, 0.5) is 0 Å². The van der Waals surface area contributed by atoms with Crippen LogP contribution in [-0.4, -0.2) is 16.7 Å². The molecule has 126 valence electrons. The van der Waals surface area contributed by atoms with Crippen molar-refractivity contribution in [3.05, 3.63) is 64.9 Å². The maximum atomic E-state index is 12.7. The summed E-state index contributed by atoms with van der Waals surface area (Å²) >= 11 is 5.12. The zero-order valence-electron chi connectivity index (χ0n) is 13.8. The monoisotopic (exact) mass is 345 g/mol. The number of hydrogen-bond donors (Lipinski definition) is 0. The van der Waals surface area contributed by atoms with Gasteiger partial charge >= 0.3 is 11.9 Å². The fourth-order valence-electron chi connectivity index (χ4n) is 2.23. The van der Waals surface area contributed by atoms with E-state index in [1.54, 1.807) is 50.4 Å². The number of esters is 1. The molecule has 1 aromatic carbocycles. The topological polar surface area (TPSA) is 57.5 Å². The quantitative estimate of drug-likeness (QED) is 0.613. The second-order valence-corrected chi connectivity index (χ2v) is 6.28. The molecule has 0 spiro atoms. The molecule has 2 aromatic rings. The third-order valence-corrected chi connectivity index (χ3v) is 3.85. The lowest BCUT2D eigenvalue weighted by molar-refractivity contribution is -0.170. The minimum atomic E-state index is -1.11. The molecule has 0 saturated carbocycles. The van der Waals surface area contributed by atoms with Crippen LogP contribution in [0.25, 0.3) is 0 Å². The van der Waals surface area contributed by atoms with E-state index in [4.69, 9.17) is 21.8 Å². The van der Waals surface area contributed by atoms with Gasteiger partial charge in [-0.25, -0.2) is 4.79 Å². The first-order chi connectivity index (χ1) is 11.3. The molecule has 1 aromatic heterocycles. The highest BCUT2D eigenvalue weighted by Crippen LogP contribution is 2.37. The first-order valence-corrected chi connectivity index (χ1v) is 7.86. The molecule has 6 heteroatoms. The van der Waals surface area contributed by atoms with E-state index in [0.717, 1.165) is 0 Å². The van der Waals surface area contributed by atoms with Crippen LogP contribution in [0.15, 0.2) is 54.7 Å². The predicted molar refractivity (Wildman–Crippen MR) is 91.6 cm³/mol. The van der Waals surface area contributed by atoms with Gasteiger partial charge in [0.25, 0.3) is 0 Å². The number of ether oxygens (including phenoxy) is 1. The lowest BCUT2D eigenvalue weighted by Gasteiger charge is -2.31. The summed E-state index contributed by atoms with van der Waals surface area (Å²) in [5.74, 6) is -1.03. The summed E-state index contributed by atoms with van der Waals surface area (Å²) in [6.07, 6.45) is 0.779. The molecule has 5 nitrogen and oxygen atoms in total. The first kappa shape index (κ1) is 17.9. The maximum absolute atomic E-state index is 12.7. The van der Waals surface area contributed by atoms with E-state index in [1.165, 1.54) is 11.7 Å². The number of hydrogen-bond acceptors (Lipinski definition) is 5. The summed E-state index contributed by atoms with van der Waals surface area (Å²) < 4.78 is 7.00. The van der Waals surface area contributed by atoms with Gasteiger partial charge in [-0.15, -0.1) is 0 Å². The van der Waals surface area contributed by atoms with Crippen molar-refractivity contribution in [3.63, 3.8) is 0 Å². The number of rotatable bonds is 5. The van der Waals surface area contributed by atoms with E-state index in [2.05, 4.69) is 0 Å². The van der Waals surface area contributed by atoms with Crippen LogP contribution in [0.5, 0.6) is 0 Å². The highest BCUT2D eigenvalue weighted by molar-refractivity contribution is 7.71. The molecule has 1 atom stereocenters. The van der Waals surface area contributed by atoms with E-state index in [1.807, 2.05) is 18.2 Å². The molecule has 1 unspecified atom stereocenters. The molecule has 0 amide bonds. The highest BCUT2D eigenvalue weighted by Gasteiger charge is 2.42. The molecule has 0 aliphatic heterocycles. The number of benzene rings is 1. The van der Waals surface area contributed by atoms with Crippen molar-refractivity contribution in [1.82, 2.24) is 4.73 Å². The number of carbonyl (C=O) groups is 2. The molecule has 0 radical (unpaired) electrons. The second kappa shape index (κ2) is 7.40. The summed E-state index contributed by atoms with van der Waals surface area (Å²) in [6, 6.07) is 14.2. The smallest absolute Gasteiger partial charge is 0.342 e. The van der Waals surface area contributed by atoms with Crippen molar-refractivity contribution in [2.24, 2.45) is 5.41 Å². The van der Waals surface area contributed by atoms with Crippen molar-refractivity contribution in [1.29, 1.82) is 0 Å². The van der Waals surface area contributed by atoms with Crippen molar-refractivity contribution in [3.8, 4) is 0 Å². The molecule has 0 aliphatic carbocycles. The summed E-state index contributed by atoms with van der Waals surface area (Å²) in [7, 11) is 0. The lowest BCUT2D eigenvalue weighted by atomic mass is 9.82. The van der Waals surface area contributed by atoms with Crippen LogP contribution in [-0.2, 0) is 14.3 Å². The summed E-state index contributed by atoms with van der Waals surface area (Å²) in [5.41, 5.74) is -0.399. The minimum absolute atomic E-state index is 0.366. The van der Waals surface area contributed by atoms with Gasteiger partial charge in [-0.2, -0.15) is 4.73 Å². The number of nitrogens with zero attached hydrogens (tertiary/aromatic N) is 1. The number of pyridine rings is 1. The third-order valence-electron chi connectivity index (χ3n) is 3.54. The Kier molecular flexibility index (Phi) is 5.51. The van der Waals surface area contributed by atoms with Gasteiger partial charge in [-0.05, 0) is 31.5 Å². The molecule has 2 rings (SSSR count). The Balaban J connectivity index is 2.33. The van der Waals surface area contributed by atoms with Crippen LogP contribution in [0.2, 0.25) is 0 Å². The Morgan fingerprint density at radius 2 is 1.71 bits per heavy atom. The Hall–Kier alpha value is -2.47. The fourth-order valence-corrected chi connectivity index (χ4v) is 2.40. The van der Waals surface area contributed by atoms with Crippen LogP contribution in [0.3, 0.4) is 0 Å². The molecular weight excluding hydrogens is 326 g/mol. The highest BCUT2D eigenvalue weighted by atomic mass is 32.1. The average Bonchev–Trinajstić information content (AvgIpc) is 2.55. The van der Waals surface area contributed by atoms with Gasteiger partial charge in [0.15, 0.2) is 0 Å². The Labute approximate surface area is 145 Å². The number of aromatic nitrogens is 1. The standard InChI is InChI=1S/C18H19NO4S/c1-13(20)22-16(14-9-5-4-6-10-14)18(2,3)17(21)23-19-12-8-7-11-15(19)24/h4-12,16H,1-3H3. The van der Waals surface area contributed by atoms with E-state index < -0.39 is 23.5 Å². The largest absolute Gasteiger partial charge is 0.456 e. The third kappa shape index (κ3) is 4.08. The SMILES string of the molecule is CC(=O)OC(c1ccccc1)C(C)(C)C(=O)On1ccccc1=S. The van der Waals surface area contributed by atoms with Gasteiger partial charge in [-0.3, -0.25) is 4.79 Å². The molecule has 0 saturated heterocycles. The van der Waals surface area contributed by atoms with Crippen molar-refractivity contribution >= 4 is 24.2 Å². The molecule has 24 heavy (non-hydrogen) atoms. The molecule has 1 heterocycles. The minimum Gasteiger partial charge on any atom is -0.456 e. The van der Waals surface area contributed by atoms with Gasteiger partial charge in [0, 0.05) is 13.1 Å². The van der Waals surface area contributed by atoms with Crippen LogP contribution in [0, 0.1) is 10.1 Å². The van der Waals surface area contributed by atoms with Crippen molar-refractivity contribution in [2.45, 2.75) is 26.9 Å². The van der Waals surface area contributed by atoms with Gasteiger partial charge < -0.3 is 9.57 Å². The molecule has 0 aliphatic rings. The van der Waals surface area contributed by atoms with E-state index in [9.17, 15) is 9.59 Å². The Morgan fingerprint density at radius 3 is 2.29 bits per heavy atom. The van der Waals surface area contributed by atoms with Gasteiger partial charge in [-0.1, -0.05) is 48.6 Å². The maximum Gasteiger partial charge on any atom is 0.342 e. The van der Waals surface area contributed by atoms with Gasteiger partial charge in [0.2, 0.25) is 0 Å². The lowest BCUT2D eigenvalue weighted by Crippen LogP contribution is -2.40. The van der Waals surface area contributed by atoms with Crippen molar-refractivity contribution in [2.75, 3.05) is 0 Å². The predicted octanol–water partition coefficient (Wildman–Crippen LogP) is 3.50. The molecule has 0 bridgehead atoms. The molecule has 0 fully saturated rings. The van der Waals surface area contributed by atoms with Crippen LogP contribution >= 0.6 is 12.2 Å². The van der Waals surface area contributed by atoms with Gasteiger partial charge in [0.05, 0.1) is 0 Å². The average molecular weight is 345 g/mol. The summed E-state index contributed by atoms with van der Waals surface area (Å²) in [5, 5.41) is 0. The molecular formula is C18H19NO4S. The van der Waals surface area contributed by atoms with Crippen LogP contribution in [0.1, 0.15) is 32.4 Å². The van der Waals surface area contributed by atoms with E-state index in [-0.39, 0.29) is 0 Å². The summed E-state index contributed by atoms with van der Waals surface area (Å²) in [4.78, 5) is 29.6. The fraction of sp³-hybridized carbons (Fsp3) is 0.278. The van der Waals surface area contributed by atoms with Gasteiger partial charge in [0.1, 0.15) is 16.2 Å². The summed E-state index contributed by atoms with van der Waals surface area (Å²) in [6.45, 7) is 4.65. The van der Waals surface area contributed by atoms with Crippen LogP contribution < -0.4 is 4.84 Å². The second-order valence-electron chi connectivity index (χ2n) is 5.87. The Morgan fingerprint density at radius 1 is 1.08 bits per heavy atom. The van der Waals surface area contributed by atoms with E-state index >= 15 is 0 Å². The van der Waals surface area contributed by atoms with Crippen molar-refractivity contribution < 1.29 is 19.2 Å². The molecule has 0 N–H and O–H groups in total. The van der Waals surface area contributed by atoms with E-state index in [0.29, 0.717) is 10.2 Å². The number of carbonyl (C=O) groups excluding carboxylic acids is 2. The first-order valence-electron chi connectivity index (χ1n) is 7.45.